The van der Waals surface area contributed by atoms with E-state index in [1.54, 1.807) is 6.07 Å². The summed E-state index contributed by atoms with van der Waals surface area (Å²) < 4.78 is 42.2. The Labute approximate surface area is 133 Å². The summed E-state index contributed by atoms with van der Waals surface area (Å²) in [6.07, 6.45) is 1.74. The summed E-state index contributed by atoms with van der Waals surface area (Å²) in [7, 11) is -3.82. The van der Waals surface area contributed by atoms with E-state index in [2.05, 4.69) is 26.0 Å². The highest BCUT2D eigenvalue weighted by Crippen LogP contribution is 2.32. The maximum Gasteiger partial charge on any atom is 0.243 e. The molecule has 1 aliphatic carbocycles. The van der Waals surface area contributed by atoms with E-state index in [4.69, 9.17) is 0 Å². The molecule has 2 N–H and O–H groups in total. The number of rotatable bonds is 7. The molecule has 0 heterocycles. The van der Waals surface area contributed by atoms with Crippen LogP contribution in [0, 0.1) is 11.7 Å². The first-order valence-corrected chi connectivity index (χ1v) is 9.33. The summed E-state index contributed by atoms with van der Waals surface area (Å²) >= 11 is 3.26. The SMILES string of the molecule is CCCNCc1cc(Br)cc(S(=O)(=O)NC2CC2C)c1F. The van der Waals surface area contributed by atoms with Crippen molar-refractivity contribution in [3.8, 4) is 0 Å². The molecule has 1 aromatic rings. The van der Waals surface area contributed by atoms with Crippen LogP contribution in [0.25, 0.3) is 0 Å². The zero-order valence-electron chi connectivity index (χ0n) is 12.1. The van der Waals surface area contributed by atoms with Crippen molar-refractivity contribution >= 4 is 26.0 Å². The molecule has 2 unspecified atom stereocenters. The van der Waals surface area contributed by atoms with Gasteiger partial charge in [0.2, 0.25) is 10.0 Å². The van der Waals surface area contributed by atoms with Crippen LogP contribution < -0.4 is 10.0 Å². The molecule has 21 heavy (non-hydrogen) atoms. The van der Waals surface area contributed by atoms with Gasteiger partial charge < -0.3 is 5.32 Å². The lowest BCUT2D eigenvalue weighted by molar-refractivity contribution is 0.539. The average molecular weight is 379 g/mol. The smallest absolute Gasteiger partial charge is 0.243 e. The van der Waals surface area contributed by atoms with Gasteiger partial charge >= 0.3 is 0 Å². The van der Waals surface area contributed by atoms with Crippen LogP contribution in [0.1, 0.15) is 32.3 Å². The molecular formula is C14H20BrFN2O2S. The van der Waals surface area contributed by atoms with Crippen LogP contribution in [0.2, 0.25) is 0 Å². The molecule has 0 saturated heterocycles. The van der Waals surface area contributed by atoms with Crippen molar-refractivity contribution in [1.82, 2.24) is 10.0 Å². The molecule has 1 aliphatic rings. The van der Waals surface area contributed by atoms with Gasteiger partial charge in [-0.15, -0.1) is 0 Å². The second kappa shape index (κ2) is 6.73. The molecule has 0 amide bonds. The second-order valence-electron chi connectivity index (χ2n) is 5.49. The number of halogens is 2. The van der Waals surface area contributed by atoms with E-state index in [0.717, 1.165) is 19.4 Å². The molecule has 0 radical (unpaired) electrons. The standard InChI is InChI=1S/C14H20BrFN2O2S/c1-3-4-17-8-10-6-11(15)7-13(14(10)16)21(19,20)18-12-5-9(12)2/h6-7,9,12,17-18H,3-5,8H2,1-2H3. The van der Waals surface area contributed by atoms with Crippen molar-refractivity contribution in [2.24, 2.45) is 5.92 Å². The van der Waals surface area contributed by atoms with E-state index in [-0.39, 0.29) is 10.9 Å². The molecule has 1 aromatic carbocycles. The molecule has 1 fully saturated rings. The predicted octanol–water partition coefficient (Wildman–Crippen LogP) is 2.77. The topological polar surface area (TPSA) is 58.2 Å². The third kappa shape index (κ3) is 4.25. The largest absolute Gasteiger partial charge is 0.313 e. The van der Waals surface area contributed by atoms with E-state index in [1.807, 2.05) is 13.8 Å². The maximum absolute atomic E-state index is 14.5. The summed E-state index contributed by atoms with van der Waals surface area (Å²) in [5.41, 5.74) is 0.349. The third-order valence-electron chi connectivity index (χ3n) is 3.53. The van der Waals surface area contributed by atoms with Crippen LogP contribution >= 0.6 is 15.9 Å². The quantitative estimate of drug-likeness (QED) is 0.717. The summed E-state index contributed by atoms with van der Waals surface area (Å²) in [5.74, 6) is -0.358. The average Bonchev–Trinajstić information content (AvgIpc) is 3.07. The minimum atomic E-state index is -3.82. The van der Waals surface area contributed by atoms with Crippen LogP contribution in [-0.4, -0.2) is 21.0 Å². The molecule has 2 rings (SSSR count). The first kappa shape index (κ1) is 16.9. The Morgan fingerprint density at radius 1 is 1.43 bits per heavy atom. The van der Waals surface area contributed by atoms with Crippen molar-refractivity contribution in [3.63, 3.8) is 0 Å². The van der Waals surface area contributed by atoms with E-state index in [9.17, 15) is 12.8 Å². The van der Waals surface area contributed by atoms with Crippen molar-refractivity contribution in [3.05, 3.63) is 28.0 Å². The number of hydrogen-bond donors (Lipinski definition) is 2. The lowest BCUT2D eigenvalue weighted by Crippen LogP contribution is -2.28. The van der Waals surface area contributed by atoms with Crippen molar-refractivity contribution in [2.45, 2.75) is 44.2 Å². The van der Waals surface area contributed by atoms with Crippen LogP contribution in [0.5, 0.6) is 0 Å². The fourth-order valence-corrected chi connectivity index (χ4v) is 4.25. The van der Waals surface area contributed by atoms with Gasteiger partial charge in [0.1, 0.15) is 10.7 Å². The Morgan fingerprint density at radius 3 is 2.67 bits per heavy atom. The second-order valence-corrected chi connectivity index (χ2v) is 8.09. The van der Waals surface area contributed by atoms with Gasteiger partial charge in [0, 0.05) is 22.6 Å². The third-order valence-corrected chi connectivity index (χ3v) is 5.47. The molecule has 0 aromatic heterocycles. The van der Waals surface area contributed by atoms with Crippen molar-refractivity contribution < 1.29 is 12.8 Å². The minimum absolute atomic E-state index is 0.0740. The Kier molecular flexibility index (Phi) is 5.40. The summed E-state index contributed by atoms with van der Waals surface area (Å²) in [6.45, 7) is 5.04. The molecule has 0 aliphatic heterocycles. The summed E-state index contributed by atoms with van der Waals surface area (Å²) in [5, 5.41) is 3.08. The zero-order valence-corrected chi connectivity index (χ0v) is 14.5. The van der Waals surface area contributed by atoms with E-state index in [0.29, 0.717) is 22.5 Å². The Bertz CT molecular complexity index is 622. The predicted molar refractivity (Wildman–Crippen MR) is 84.0 cm³/mol. The molecule has 2 atom stereocenters. The Hall–Kier alpha value is -0.500. The number of sulfonamides is 1. The molecule has 118 valence electrons. The molecule has 0 spiro atoms. The minimum Gasteiger partial charge on any atom is -0.313 e. The highest BCUT2D eigenvalue weighted by atomic mass is 79.9. The van der Waals surface area contributed by atoms with Gasteiger partial charge in [-0.05, 0) is 37.4 Å². The summed E-state index contributed by atoms with van der Waals surface area (Å²) in [6, 6.07) is 2.85. The van der Waals surface area contributed by atoms with Gasteiger partial charge in [0.15, 0.2) is 0 Å². The zero-order chi connectivity index (χ0) is 15.6. The molecular weight excluding hydrogens is 359 g/mol. The molecule has 1 saturated carbocycles. The lowest BCUT2D eigenvalue weighted by atomic mass is 10.2. The van der Waals surface area contributed by atoms with E-state index >= 15 is 0 Å². The monoisotopic (exact) mass is 378 g/mol. The van der Waals surface area contributed by atoms with Gasteiger partial charge in [-0.25, -0.2) is 17.5 Å². The Balaban J connectivity index is 2.26. The van der Waals surface area contributed by atoms with Crippen LogP contribution in [0.4, 0.5) is 4.39 Å². The number of nitrogens with one attached hydrogen (secondary N) is 2. The maximum atomic E-state index is 14.5. The van der Waals surface area contributed by atoms with Gasteiger partial charge in [0.25, 0.3) is 0 Å². The summed E-state index contributed by atoms with van der Waals surface area (Å²) in [4.78, 5) is -0.288. The van der Waals surface area contributed by atoms with Gasteiger partial charge in [-0.2, -0.15) is 0 Å². The van der Waals surface area contributed by atoms with Gasteiger partial charge in [-0.3, -0.25) is 0 Å². The molecule has 4 nitrogen and oxygen atoms in total. The number of benzene rings is 1. The first-order chi connectivity index (χ1) is 9.85. The fraction of sp³-hybridized carbons (Fsp3) is 0.571. The van der Waals surface area contributed by atoms with Crippen molar-refractivity contribution in [1.29, 1.82) is 0 Å². The molecule has 0 bridgehead atoms. The van der Waals surface area contributed by atoms with Crippen LogP contribution in [-0.2, 0) is 16.6 Å². The van der Waals surface area contributed by atoms with Gasteiger partial charge in [-0.1, -0.05) is 29.8 Å². The van der Waals surface area contributed by atoms with E-state index in [1.165, 1.54) is 6.07 Å². The highest BCUT2D eigenvalue weighted by Gasteiger charge is 2.37. The van der Waals surface area contributed by atoms with Crippen molar-refractivity contribution in [2.75, 3.05) is 6.54 Å². The number of hydrogen-bond acceptors (Lipinski definition) is 3. The van der Waals surface area contributed by atoms with Crippen LogP contribution in [0.15, 0.2) is 21.5 Å². The van der Waals surface area contributed by atoms with Gasteiger partial charge in [0.05, 0.1) is 0 Å². The van der Waals surface area contributed by atoms with E-state index < -0.39 is 15.8 Å². The normalized spacial score (nSPS) is 21.5. The lowest BCUT2D eigenvalue weighted by Gasteiger charge is -2.12. The fourth-order valence-electron chi connectivity index (χ4n) is 2.09. The molecule has 7 heteroatoms. The highest BCUT2D eigenvalue weighted by molar-refractivity contribution is 9.10. The van der Waals surface area contributed by atoms with Crippen LogP contribution in [0.3, 0.4) is 0 Å². The Morgan fingerprint density at radius 2 is 2.10 bits per heavy atom. The first-order valence-electron chi connectivity index (χ1n) is 7.06.